The molecule has 1 aliphatic rings. The maximum absolute atomic E-state index is 13.5. The van der Waals surface area contributed by atoms with Crippen LogP contribution in [0.3, 0.4) is 0 Å². The van der Waals surface area contributed by atoms with E-state index in [1.54, 1.807) is 54.6 Å². The van der Waals surface area contributed by atoms with Gasteiger partial charge in [-0.2, -0.15) is 0 Å². The molecule has 0 spiro atoms. The number of hydrogen-bond acceptors (Lipinski definition) is 5. The number of aromatic hydroxyl groups is 1. The molecule has 7 heteroatoms. The Labute approximate surface area is 202 Å². The van der Waals surface area contributed by atoms with Crippen molar-refractivity contribution in [2.75, 3.05) is 11.9 Å². The van der Waals surface area contributed by atoms with Crippen LogP contribution in [0.1, 0.15) is 32.4 Å². The normalized spacial score (nSPS) is 14.7. The van der Waals surface area contributed by atoms with E-state index in [1.165, 1.54) is 5.01 Å². The molecule has 0 aromatic heterocycles. The van der Waals surface area contributed by atoms with Gasteiger partial charge in [0, 0.05) is 16.8 Å². The summed E-state index contributed by atoms with van der Waals surface area (Å²) in [6, 6.07) is 24.6. The first-order chi connectivity index (χ1) is 17.1. The first kappa shape index (κ1) is 22.0. The van der Waals surface area contributed by atoms with E-state index in [0.29, 0.717) is 34.7 Å². The summed E-state index contributed by atoms with van der Waals surface area (Å²) in [4.78, 5) is 26.7. The van der Waals surface area contributed by atoms with Crippen molar-refractivity contribution in [3.8, 4) is 11.5 Å². The average molecular weight is 466 g/mol. The van der Waals surface area contributed by atoms with E-state index in [1.807, 2.05) is 36.4 Å². The zero-order chi connectivity index (χ0) is 24.4. The molecule has 4 aromatic rings. The fraction of sp³-hybridized carbons (Fsp3) is 0.0714. The van der Waals surface area contributed by atoms with E-state index in [9.17, 15) is 14.7 Å². The number of fused-ring (bicyclic) bond motifs is 2. The van der Waals surface area contributed by atoms with Gasteiger partial charge in [0.2, 0.25) is 0 Å². The number of para-hydroxylation sites is 1. The van der Waals surface area contributed by atoms with Crippen molar-refractivity contribution in [3.63, 3.8) is 0 Å². The monoisotopic (exact) mass is 465 g/mol. The topological polar surface area (TPSA) is 90.9 Å². The molecule has 5 rings (SSSR count). The van der Waals surface area contributed by atoms with Crippen LogP contribution in [0.15, 0.2) is 97.6 Å². The number of phenols is 1. The summed E-state index contributed by atoms with van der Waals surface area (Å²) >= 11 is 0. The van der Waals surface area contributed by atoms with Crippen LogP contribution in [0.2, 0.25) is 0 Å². The van der Waals surface area contributed by atoms with Gasteiger partial charge < -0.3 is 15.2 Å². The molecule has 174 valence electrons. The van der Waals surface area contributed by atoms with Crippen LogP contribution < -0.4 is 15.5 Å². The SMILES string of the molecule is C=CCOc1ccc(C(=O)NN2C(=O)c3ccccc3N[C@@H]2c2c(O)ccc3ccccc23)cc1. The Morgan fingerprint density at radius 2 is 1.77 bits per heavy atom. The van der Waals surface area contributed by atoms with Gasteiger partial charge in [-0.15, -0.1) is 0 Å². The van der Waals surface area contributed by atoms with Gasteiger partial charge in [0.15, 0.2) is 6.17 Å². The van der Waals surface area contributed by atoms with E-state index in [2.05, 4.69) is 17.3 Å². The molecule has 7 nitrogen and oxygen atoms in total. The predicted molar refractivity (Wildman–Crippen MR) is 134 cm³/mol. The summed E-state index contributed by atoms with van der Waals surface area (Å²) in [6.07, 6.45) is 0.790. The van der Waals surface area contributed by atoms with E-state index < -0.39 is 18.0 Å². The lowest BCUT2D eigenvalue weighted by molar-refractivity contribution is 0.0490. The number of carbonyl (C=O) groups excluding carboxylic acids is 2. The fourth-order valence-electron chi connectivity index (χ4n) is 4.17. The number of phenolic OH excluding ortho intramolecular Hbond substituents is 1. The number of ether oxygens (including phenoxy) is 1. The van der Waals surface area contributed by atoms with Crippen LogP contribution in [-0.4, -0.2) is 28.5 Å². The minimum atomic E-state index is -0.845. The number of nitrogens with one attached hydrogen (secondary N) is 2. The van der Waals surface area contributed by atoms with Crippen LogP contribution in [-0.2, 0) is 0 Å². The highest BCUT2D eigenvalue weighted by atomic mass is 16.5. The summed E-state index contributed by atoms with van der Waals surface area (Å²) in [5.74, 6) is -0.253. The van der Waals surface area contributed by atoms with Crippen molar-refractivity contribution in [2.24, 2.45) is 0 Å². The highest BCUT2D eigenvalue weighted by Crippen LogP contribution is 2.39. The lowest BCUT2D eigenvalue weighted by Gasteiger charge is -2.38. The molecule has 4 aromatic carbocycles. The summed E-state index contributed by atoms with van der Waals surface area (Å²) in [5, 5.41) is 17.1. The molecule has 2 amide bonds. The third kappa shape index (κ3) is 4.15. The summed E-state index contributed by atoms with van der Waals surface area (Å²) < 4.78 is 5.47. The van der Waals surface area contributed by atoms with Crippen LogP contribution >= 0.6 is 0 Å². The smallest absolute Gasteiger partial charge is 0.276 e. The third-order valence-corrected chi connectivity index (χ3v) is 5.85. The van der Waals surface area contributed by atoms with Gasteiger partial charge in [-0.3, -0.25) is 15.0 Å². The van der Waals surface area contributed by atoms with E-state index in [-0.39, 0.29) is 5.75 Å². The van der Waals surface area contributed by atoms with Crippen molar-refractivity contribution in [2.45, 2.75) is 6.17 Å². The molecule has 35 heavy (non-hydrogen) atoms. The minimum Gasteiger partial charge on any atom is -0.507 e. The van der Waals surface area contributed by atoms with Crippen molar-refractivity contribution in [1.82, 2.24) is 10.4 Å². The third-order valence-electron chi connectivity index (χ3n) is 5.85. The van der Waals surface area contributed by atoms with Gasteiger partial charge in [0.05, 0.1) is 5.56 Å². The molecule has 0 radical (unpaired) electrons. The van der Waals surface area contributed by atoms with Crippen molar-refractivity contribution < 1.29 is 19.4 Å². The van der Waals surface area contributed by atoms with Gasteiger partial charge >= 0.3 is 0 Å². The zero-order valence-electron chi connectivity index (χ0n) is 18.8. The first-order valence-electron chi connectivity index (χ1n) is 11.1. The summed E-state index contributed by atoms with van der Waals surface area (Å²) in [5.41, 5.74) is 4.61. The Morgan fingerprint density at radius 1 is 1.03 bits per heavy atom. The van der Waals surface area contributed by atoms with Crippen LogP contribution in [0, 0.1) is 0 Å². The van der Waals surface area contributed by atoms with Gasteiger partial charge in [-0.1, -0.05) is 55.1 Å². The van der Waals surface area contributed by atoms with Gasteiger partial charge in [0.25, 0.3) is 11.8 Å². The van der Waals surface area contributed by atoms with Crippen LogP contribution in [0.5, 0.6) is 11.5 Å². The molecule has 0 unspecified atom stereocenters. The van der Waals surface area contributed by atoms with Crippen LogP contribution in [0.4, 0.5) is 5.69 Å². The Bertz CT molecular complexity index is 1430. The number of carbonyl (C=O) groups is 2. The van der Waals surface area contributed by atoms with Crippen molar-refractivity contribution in [3.05, 3.63) is 114 Å². The summed E-state index contributed by atoms with van der Waals surface area (Å²) in [6.45, 7) is 3.97. The van der Waals surface area contributed by atoms with E-state index in [0.717, 1.165) is 10.8 Å². The van der Waals surface area contributed by atoms with E-state index >= 15 is 0 Å². The molecular formula is C28H23N3O4. The zero-order valence-corrected chi connectivity index (χ0v) is 18.8. The maximum atomic E-state index is 13.5. The molecule has 0 saturated heterocycles. The maximum Gasteiger partial charge on any atom is 0.276 e. The van der Waals surface area contributed by atoms with Gasteiger partial charge in [-0.05, 0) is 53.2 Å². The lowest BCUT2D eigenvalue weighted by atomic mass is 9.98. The van der Waals surface area contributed by atoms with E-state index in [4.69, 9.17) is 4.74 Å². The minimum absolute atomic E-state index is 0.0105. The largest absolute Gasteiger partial charge is 0.507 e. The second-order valence-electron chi connectivity index (χ2n) is 8.05. The highest BCUT2D eigenvalue weighted by Gasteiger charge is 2.36. The Hall–Kier alpha value is -4.78. The molecular weight excluding hydrogens is 442 g/mol. The molecule has 3 N–H and O–H groups in total. The highest BCUT2D eigenvalue weighted by molar-refractivity contribution is 6.04. The number of benzene rings is 4. The van der Waals surface area contributed by atoms with Crippen molar-refractivity contribution >= 4 is 28.3 Å². The Morgan fingerprint density at radius 3 is 2.57 bits per heavy atom. The predicted octanol–water partition coefficient (Wildman–Crippen LogP) is 5.02. The first-order valence-corrected chi connectivity index (χ1v) is 11.1. The Kier molecular flexibility index (Phi) is 5.81. The number of rotatable bonds is 6. The number of anilines is 1. The number of nitrogens with zero attached hydrogens (tertiary/aromatic N) is 1. The quantitative estimate of drug-likeness (QED) is 0.348. The van der Waals surface area contributed by atoms with Crippen molar-refractivity contribution in [1.29, 1.82) is 0 Å². The number of hydrogen-bond donors (Lipinski definition) is 3. The molecule has 0 saturated carbocycles. The standard InChI is InChI=1S/C28H23N3O4/c1-2-17-35-20-14-11-19(12-15-20)27(33)30-31-26(29-23-10-6-5-9-22(23)28(31)34)25-21-8-4-3-7-18(21)13-16-24(25)32/h2-16,26,29,32H,1,17H2,(H,30,33)/t26-/m0/s1. The van der Waals surface area contributed by atoms with Gasteiger partial charge in [-0.25, -0.2) is 5.01 Å². The number of amides is 2. The molecule has 0 fully saturated rings. The molecule has 0 bridgehead atoms. The molecule has 1 atom stereocenters. The summed E-state index contributed by atoms with van der Waals surface area (Å²) in [7, 11) is 0. The van der Waals surface area contributed by atoms with Gasteiger partial charge in [0.1, 0.15) is 18.1 Å². The molecule has 1 heterocycles. The number of hydrazine groups is 1. The lowest BCUT2D eigenvalue weighted by Crippen LogP contribution is -2.52. The Balaban J connectivity index is 1.54. The fourth-order valence-corrected chi connectivity index (χ4v) is 4.17. The second-order valence-corrected chi connectivity index (χ2v) is 8.05. The van der Waals surface area contributed by atoms with Crippen LogP contribution in [0.25, 0.3) is 10.8 Å². The second kappa shape index (κ2) is 9.23. The average Bonchev–Trinajstić information content (AvgIpc) is 2.89. The molecule has 0 aliphatic carbocycles. The molecule has 1 aliphatic heterocycles.